The summed E-state index contributed by atoms with van der Waals surface area (Å²) in [4.78, 5) is 17.4. The molecule has 0 radical (unpaired) electrons. The number of fused-ring (bicyclic) bond motifs is 3. The topological polar surface area (TPSA) is 53.5 Å². The van der Waals surface area contributed by atoms with E-state index in [4.69, 9.17) is 4.99 Å². The fraction of sp³-hybridized carbons (Fsp3) is 0.238. The van der Waals surface area contributed by atoms with Gasteiger partial charge in [-0.3, -0.25) is 4.79 Å². The number of carbonyl (C=O) groups excluding carboxylic acids is 1. The molecule has 4 rings (SSSR count). The van der Waals surface area contributed by atoms with Crippen LogP contribution in [-0.2, 0) is 10.3 Å². The van der Waals surface area contributed by atoms with E-state index in [0.717, 1.165) is 16.0 Å². The van der Waals surface area contributed by atoms with Crippen molar-refractivity contribution in [3.05, 3.63) is 57.6 Å². The highest BCUT2D eigenvalue weighted by molar-refractivity contribution is 7.68. The Balaban J connectivity index is 1.84. The van der Waals surface area contributed by atoms with Crippen molar-refractivity contribution in [1.29, 1.82) is 0 Å². The standard InChI is InChI=1S/C21H21N3OS2/c1-12-6-5-7-16-17-19(21(3,4)24-18(12)16)26-27-20(17)23-15-10-8-14(9-11-15)22-13(2)25/h5-11,24H,1-4H3,(H,22,25). The summed E-state index contributed by atoms with van der Waals surface area (Å²) in [5, 5.41) is 6.49. The normalized spacial score (nSPS) is 14.9. The van der Waals surface area contributed by atoms with Crippen LogP contribution in [0.1, 0.15) is 31.2 Å². The number of nitrogens with one attached hydrogen (secondary N) is 2. The monoisotopic (exact) mass is 395 g/mol. The van der Waals surface area contributed by atoms with Gasteiger partial charge in [0.05, 0.1) is 16.1 Å². The molecule has 138 valence electrons. The van der Waals surface area contributed by atoms with Crippen LogP contribution in [0.4, 0.5) is 17.1 Å². The van der Waals surface area contributed by atoms with Gasteiger partial charge in [0.25, 0.3) is 0 Å². The third kappa shape index (κ3) is 3.31. The molecule has 3 aromatic rings. The number of nitrogens with zero attached hydrogens (tertiary/aromatic N) is 1. The molecule has 6 heteroatoms. The number of carbonyl (C=O) groups is 1. The first-order valence-corrected chi connectivity index (χ1v) is 10.9. The fourth-order valence-electron chi connectivity index (χ4n) is 3.34. The number of rotatable bonds is 2. The van der Waals surface area contributed by atoms with Gasteiger partial charge in [0.15, 0.2) is 0 Å². The Kier molecular flexibility index (Phi) is 4.40. The summed E-state index contributed by atoms with van der Waals surface area (Å²) in [6, 6.07) is 14.0. The van der Waals surface area contributed by atoms with E-state index >= 15 is 0 Å². The molecular formula is C21H21N3OS2. The van der Waals surface area contributed by atoms with Crippen molar-refractivity contribution in [2.24, 2.45) is 4.99 Å². The fourth-order valence-corrected chi connectivity index (χ4v) is 6.28. The molecule has 2 N–H and O–H groups in total. The quantitative estimate of drug-likeness (QED) is 0.552. The minimum Gasteiger partial charge on any atom is -0.374 e. The van der Waals surface area contributed by atoms with Crippen LogP contribution in [0.5, 0.6) is 0 Å². The molecule has 0 unspecified atom stereocenters. The molecule has 4 nitrogen and oxygen atoms in total. The zero-order valence-corrected chi connectivity index (χ0v) is 17.3. The van der Waals surface area contributed by atoms with Crippen LogP contribution >= 0.6 is 20.7 Å². The van der Waals surface area contributed by atoms with Gasteiger partial charge in [-0.1, -0.05) is 38.9 Å². The maximum atomic E-state index is 11.2. The minimum absolute atomic E-state index is 0.0736. The predicted molar refractivity (Wildman–Crippen MR) is 115 cm³/mol. The molecule has 0 bridgehead atoms. The second-order valence-electron chi connectivity index (χ2n) is 7.26. The Hall–Kier alpha value is -2.44. The second-order valence-corrected chi connectivity index (χ2v) is 9.39. The van der Waals surface area contributed by atoms with Crippen LogP contribution in [0, 0.1) is 6.92 Å². The highest BCUT2D eigenvalue weighted by Gasteiger charge is 2.34. The van der Waals surface area contributed by atoms with Crippen molar-refractivity contribution < 1.29 is 4.79 Å². The summed E-state index contributed by atoms with van der Waals surface area (Å²) in [7, 11) is 3.50. The number of benzene rings is 2. The molecule has 0 saturated carbocycles. The van der Waals surface area contributed by atoms with E-state index < -0.39 is 0 Å². The van der Waals surface area contributed by atoms with Crippen LogP contribution in [0.25, 0.3) is 11.1 Å². The maximum absolute atomic E-state index is 11.2. The lowest BCUT2D eigenvalue weighted by molar-refractivity contribution is -0.114. The third-order valence-electron chi connectivity index (χ3n) is 4.61. The van der Waals surface area contributed by atoms with Gasteiger partial charge in [-0.05, 0) is 50.6 Å². The second kappa shape index (κ2) is 6.62. The van der Waals surface area contributed by atoms with Gasteiger partial charge in [-0.25, -0.2) is 4.99 Å². The Bertz CT molecular complexity index is 1090. The van der Waals surface area contributed by atoms with Crippen LogP contribution in [0.2, 0.25) is 0 Å². The van der Waals surface area contributed by atoms with Crippen LogP contribution < -0.4 is 15.3 Å². The van der Waals surface area contributed by atoms with Gasteiger partial charge in [0, 0.05) is 29.4 Å². The van der Waals surface area contributed by atoms with Crippen LogP contribution in [-0.4, -0.2) is 5.91 Å². The summed E-state index contributed by atoms with van der Waals surface area (Å²) in [5.74, 6) is -0.0736. The van der Waals surface area contributed by atoms with Gasteiger partial charge in [-0.2, -0.15) is 0 Å². The van der Waals surface area contributed by atoms with Crippen LogP contribution in [0.15, 0.2) is 47.5 Å². The molecule has 0 aliphatic carbocycles. The zero-order chi connectivity index (χ0) is 19.2. The predicted octanol–water partition coefficient (Wildman–Crippen LogP) is 5.64. The van der Waals surface area contributed by atoms with Gasteiger partial charge >= 0.3 is 0 Å². The lowest BCUT2D eigenvalue weighted by atomic mass is 9.88. The smallest absolute Gasteiger partial charge is 0.221 e. The summed E-state index contributed by atoms with van der Waals surface area (Å²) >= 11 is 0. The van der Waals surface area contributed by atoms with Crippen molar-refractivity contribution in [3.63, 3.8) is 0 Å². The van der Waals surface area contributed by atoms with Crippen molar-refractivity contribution in [2.75, 3.05) is 10.6 Å². The van der Waals surface area contributed by atoms with E-state index in [1.165, 1.54) is 34.2 Å². The third-order valence-corrected chi connectivity index (χ3v) is 7.25. The van der Waals surface area contributed by atoms with Gasteiger partial charge in [-0.15, -0.1) is 0 Å². The van der Waals surface area contributed by atoms with Crippen molar-refractivity contribution in [2.45, 2.75) is 33.2 Å². The summed E-state index contributed by atoms with van der Waals surface area (Å²) in [5.41, 5.74) is 6.42. The number of hydrogen-bond acceptors (Lipinski definition) is 5. The largest absolute Gasteiger partial charge is 0.374 e. The number of amides is 1. The highest BCUT2D eigenvalue weighted by Crippen LogP contribution is 2.46. The molecule has 0 atom stereocenters. The molecule has 2 aromatic carbocycles. The van der Waals surface area contributed by atoms with E-state index in [0.29, 0.717) is 0 Å². The number of hydrogen-bond donors (Lipinski definition) is 2. The molecular weight excluding hydrogens is 374 g/mol. The minimum atomic E-state index is -0.126. The maximum Gasteiger partial charge on any atom is 0.221 e. The average Bonchev–Trinajstić information content (AvgIpc) is 3.02. The van der Waals surface area contributed by atoms with Crippen LogP contribution in [0.3, 0.4) is 0 Å². The average molecular weight is 396 g/mol. The van der Waals surface area contributed by atoms with Gasteiger partial charge < -0.3 is 10.6 Å². The van der Waals surface area contributed by atoms with Crippen molar-refractivity contribution in [1.82, 2.24) is 0 Å². The summed E-state index contributed by atoms with van der Waals surface area (Å²) in [6.45, 7) is 8.08. The molecule has 0 spiro atoms. The molecule has 2 heterocycles. The molecule has 1 aromatic heterocycles. The molecule has 0 fully saturated rings. The zero-order valence-electron chi connectivity index (χ0n) is 15.7. The first kappa shape index (κ1) is 17.9. The lowest BCUT2D eigenvalue weighted by Gasteiger charge is -2.34. The summed E-state index contributed by atoms with van der Waals surface area (Å²) in [6.07, 6.45) is 0. The molecule has 27 heavy (non-hydrogen) atoms. The first-order chi connectivity index (χ1) is 12.8. The first-order valence-electron chi connectivity index (χ1n) is 8.79. The molecule has 0 saturated heterocycles. The van der Waals surface area contributed by atoms with E-state index in [2.05, 4.69) is 49.6 Å². The lowest BCUT2D eigenvalue weighted by Crippen LogP contribution is -2.32. The number of anilines is 2. The Morgan fingerprint density at radius 3 is 2.56 bits per heavy atom. The van der Waals surface area contributed by atoms with E-state index in [1.54, 1.807) is 20.7 Å². The Morgan fingerprint density at radius 2 is 1.85 bits per heavy atom. The molecule has 1 aliphatic rings. The van der Waals surface area contributed by atoms with Crippen molar-refractivity contribution in [3.8, 4) is 11.1 Å². The van der Waals surface area contributed by atoms with E-state index in [9.17, 15) is 4.79 Å². The van der Waals surface area contributed by atoms with Crippen molar-refractivity contribution >= 4 is 43.7 Å². The number of para-hydroxylation sites is 1. The number of aryl methyl sites for hydroxylation is 1. The van der Waals surface area contributed by atoms with Gasteiger partial charge in [0.1, 0.15) is 4.67 Å². The Labute approximate surface area is 166 Å². The summed E-state index contributed by atoms with van der Waals surface area (Å²) < 4.78 is 1.03. The molecule has 1 amide bonds. The van der Waals surface area contributed by atoms with E-state index in [-0.39, 0.29) is 11.4 Å². The Morgan fingerprint density at radius 1 is 1.11 bits per heavy atom. The van der Waals surface area contributed by atoms with Gasteiger partial charge in [0.2, 0.25) is 5.91 Å². The SMILES string of the molecule is CC(=O)Nc1ccc(N=c2ssc3c2-c2cccc(C)c2NC3(C)C)cc1. The molecule has 1 aliphatic heterocycles. The highest BCUT2D eigenvalue weighted by atomic mass is 32.9. The van der Waals surface area contributed by atoms with E-state index in [1.807, 2.05) is 24.3 Å².